The molecule has 476 valence electrons. The highest BCUT2D eigenvalue weighted by Crippen LogP contribution is 2.16. The molecular weight excluding hydrogens is 1120 g/mol. The minimum atomic E-state index is -1.32. The Labute approximate surface area is 493 Å². The maximum Gasteiger partial charge on any atom is 0.326 e. The van der Waals surface area contributed by atoms with Gasteiger partial charge in [-0.05, 0) is 30.7 Å². The lowest BCUT2D eigenvalue weighted by Crippen LogP contribution is -2.42. The van der Waals surface area contributed by atoms with Crippen molar-refractivity contribution in [1.29, 1.82) is 0 Å². The Balaban J connectivity index is 0.798. The molecule has 1 saturated heterocycles. The number of carbonyl (C=O) groups is 6. The average molecular weight is 1210 g/mol. The number of carboxylic acid groups (broad SMARTS) is 1. The summed E-state index contributed by atoms with van der Waals surface area (Å²) in [7, 11) is 1.70. The number of nitrogens with zero attached hydrogens (tertiary/aromatic N) is 4. The maximum atomic E-state index is 12.8. The molecule has 0 bridgehead atoms. The normalized spacial score (nSPS) is 13.5. The standard InChI is InChI=1S/C54H85N11O20/c1-65-39-41(36-47(65)68)50(69)58-11-13-75-15-17-77-19-21-79-23-25-81-27-29-83-31-33-85-35-34-84-32-30-82-28-26-80-24-22-78-20-18-76-16-14-74-12-8-46(67)57-10-9-56-45(66)7-6-44(53(72)73)62-51(70)40-2-4-42(5-3-40)59-37-43-38-60-49-48(61-43)52(71)64-54(55)63-49/h2-5,38,41,44,59H,6-37,39H2,1H3,(H,56,66)(H,57,67)(H,58,69)(H,62,70)(H,72,73)(H3,55,60,63,64,71). The number of aromatic nitrogens is 4. The number of rotatable bonds is 52. The lowest BCUT2D eigenvalue weighted by atomic mass is 10.1. The Bertz CT molecular complexity index is 2450. The van der Waals surface area contributed by atoms with Gasteiger partial charge in [-0.1, -0.05) is 0 Å². The number of anilines is 2. The number of nitrogens with one attached hydrogen (secondary N) is 6. The van der Waals surface area contributed by atoms with Crippen molar-refractivity contribution in [1.82, 2.24) is 46.1 Å². The summed E-state index contributed by atoms with van der Waals surface area (Å²) < 4.78 is 65.8. The molecule has 2 atom stereocenters. The predicted molar refractivity (Wildman–Crippen MR) is 303 cm³/mol. The number of nitrogen functional groups attached to an aromatic ring is 1. The summed E-state index contributed by atoms with van der Waals surface area (Å²) in [5, 5.41) is 23.3. The molecule has 3 aromatic rings. The van der Waals surface area contributed by atoms with E-state index in [1.807, 2.05) is 0 Å². The summed E-state index contributed by atoms with van der Waals surface area (Å²) in [6.45, 7) is 11.1. The number of ether oxygens (including phenoxy) is 12. The van der Waals surface area contributed by atoms with Gasteiger partial charge in [0.2, 0.25) is 29.6 Å². The Hall–Kier alpha value is -6.62. The largest absolute Gasteiger partial charge is 0.480 e. The minimum absolute atomic E-state index is 0.00946. The third-order valence-electron chi connectivity index (χ3n) is 12.0. The second kappa shape index (κ2) is 44.8. The maximum absolute atomic E-state index is 12.8. The molecule has 0 aliphatic carbocycles. The molecule has 1 aliphatic rings. The molecule has 4 rings (SSSR count). The van der Waals surface area contributed by atoms with Crippen LogP contribution in [0.5, 0.6) is 0 Å². The lowest BCUT2D eigenvalue weighted by molar-refractivity contribution is -0.139. The van der Waals surface area contributed by atoms with E-state index < -0.39 is 29.4 Å². The molecule has 2 aromatic heterocycles. The molecule has 9 N–H and O–H groups in total. The fourth-order valence-electron chi connectivity index (χ4n) is 7.46. The van der Waals surface area contributed by atoms with E-state index in [4.69, 9.17) is 62.6 Å². The van der Waals surface area contributed by atoms with Crippen molar-refractivity contribution in [3.05, 3.63) is 52.1 Å². The number of amides is 5. The SMILES string of the molecule is CN1CC(C(=O)NCCOCCOCCOCCOCCOCCOCCOCCOCCOCCOCCOCCOCCC(=O)NCCNC(=O)CCC(NC(=O)c2ccc(NCc3cnc4nc(N)[nH]c(=O)c4n3)cc2)C(=O)O)CC1=O. The van der Waals surface area contributed by atoms with Crippen molar-refractivity contribution < 1.29 is 90.7 Å². The number of aliphatic carboxylic acids is 1. The van der Waals surface area contributed by atoms with Gasteiger partial charge in [0.05, 0.1) is 183 Å². The van der Waals surface area contributed by atoms with Crippen LogP contribution in [0.15, 0.2) is 35.3 Å². The van der Waals surface area contributed by atoms with Gasteiger partial charge in [0, 0.05) is 63.7 Å². The van der Waals surface area contributed by atoms with Gasteiger partial charge in [0.25, 0.3) is 11.5 Å². The van der Waals surface area contributed by atoms with Gasteiger partial charge in [-0.15, -0.1) is 0 Å². The topological polar surface area (TPSA) is 394 Å². The fourth-order valence-corrected chi connectivity index (χ4v) is 7.46. The third kappa shape index (κ3) is 33.0. The van der Waals surface area contributed by atoms with Gasteiger partial charge >= 0.3 is 5.97 Å². The molecule has 0 radical (unpaired) electrons. The van der Waals surface area contributed by atoms with Gasteiger partial charge in [-0.2, -0.15) is 4.98 Å². The van der Waals surface area contributed by atoms with Gasteiger partial charge < -0.3 is 99.2 Å². The Kier molecular flexibility index (Phi) is 37.4. The summed E-state index contributed by atoms with van der Waals surface area (Å²) in [6, 6.07) is 4.91. The molecule has 1 aliphatic heterocycles. The lowest BCUT2D eigenvalue weighted by Gasteiger charge is -2.15. The minimum Gasteiger partial charge on any atom is -0.480 e. The van der Waals surface area contributed by atoms with Crippen LogP contribution in [0.25, 0.3) is 11.2 Å². The molecular formula is C54H85N11O20. The second-order valence-corrected chi connectivity index (χ2v) is 18.6. The van der Waals surface area contributed by atoms with Crippen LogP contribution < -0.4 is 37.9 Å². The van der Waals surface area contributed by atoms with E-state index in [0.29, 0.717) is 176 Å². The van der Waals surface area contributed by atoms with Crippen molar-refractivity contribution >= 4 is 58.3 Å². The zero-order chi connectivity index (χ0) is 61.0. The molecule has 2 unspecified atom stereocenters. The highest BCUT2D eigenvalue weighted by Gasteiger charge is 2.32. The van der Waals surface area contributed by atoms with E-state index in [0.717, 1.165) is 0 Å². The van der Waals surface area contributed by atoms with Crippen LogP contribution in [-0.4, -0.2) is 263 Å². The number of carbonyl (C=O) groups excluding carboxylic acids is 5. The van der Waals surface area contributed by atoms with Crippen molar-refractivity contribution in [2.75, 3.05) is 203 Å². The van der Waals surface area contributed by atoms with E-state index >= 15 is 0 Å². The van der Waals surface area contributed by atoms with E-state index in [1.54, 1.807) is 24.1 Å². The molecule has 1 aromatic carbocycles. The summed E-state index contributed by atoms with van der Waals surface area (Å²) >= 11 is 0. The van der Waals surface area contributed by atoms with Crippen LogP contribution in [0.1, 0.15) is 41.7 Å². The quantitative estimate of drug-likeness (QED) is 0.0292. The Morgan fingerprint density at radius 1 is 0.612 bits per heavy atom. The van der Waals surface area contributed by atoms with Crippen molar-refractivity contribution in [2.45, 2.75) is 38.3 Å². The first kappa shape index (κ1) is 70.9. The monoisotopic (exact) mass is 1210 g/mol. The highest BCUT2D eigenvalue weighted by molar-refractivity contribution is 5.97. The predicted octanol–water partition coefficient (Wildman–Crippen LogP) is -1.71. The first-order valence-electron chi connectivity index (χ1n) is 28.3. The van der Waals surface area contributed by atoms with Gasteiger partial charge in [-0.3, -0.25) is 33.8 Å². The summed E-state index contributed by atoms with van der Waals surface area (Å²) in [5.74, 6) is -3.14. The number of nitrogens with two attached hydrogens (primary N) is 1. The van der Waals surface area contributed by atoms with Crippen molar-refractivity contribution in [3.8, 4) is 0 Å². The van der Waals surface area contributed by atoms with Gasteiger partial charge in [0.1, 0.15) is 6.04 Å². The number of carboxylic acids is 1. The van der Waals surface area contributed by atoms with E-state index in [-0.39, 0.29) is 98.2 Å². The molecule has 3 heterocycles. The molecule has 31 heteroatoms. The first-order chi connectivity index (χ1) is 41.4. The average Bonchev–Trinajstić information content (AvgIpc) is 4.06. The molecule has 0 spiro atoms. The number of aromatic amines is 1. The Morgan fingerprint density at radius 2 is 1.06 bits per heavy atom. The molecule has 1 fully saturated rings. The molecule has 31 nitrogen and oxygen atoms in total. The Morgan fingerprint density at radius 3 is 1.51 bits per heavy atom. The van der Waals surface area contributed by atoms with E-state index in [2.05, 4.69) is 46.5 Å². The zero-order valence-electron chi connectivity index (χ0n) is 48.4. The van der Waals surface area contributed by atoms with Gasteiger partial charge in [-0.25, -0.2) is 14.8 Å². The van der Waals surface area contributed by atoms with Crippen LogP contribution in [0, 0.1) is 5.92 Å². The summed E-state index contributed by atoms with van der Waals surface area (Å²) in [4.78, 5) is 101. The molecule has 85 heavy (non-hydrogen) atoms. The zero-order valence-corrected chi connectivity index (χ0v) is 48.4. The summed E-state index contributed by atoms with van der Waals surface area (Å²) in [5.41, 5.74) is 6.45. The summed E-state index contributed by atoms with van der Waals surface area (Å²) in [6.07, 6.45) is 1.48. The molecule has 0 saturated carbocycles. The number of hydrogen-bond donors (Lipinski definition) is 8. The van der Waals surface area contributed by atoms with Crippen molar-refractivity contribution in [2.24, 2.45) is 5.92 Å². The number of hydrogen-bond acceptors (Lipinski definition) is 24. The van der Waals surface area contributed by atoms with Crippen LogP contribution in [-0.2, 0) is 87.4 Å². The van der Waals surface area contributed by atoms with E-state index in [9.17, 15) is 38.7 Å². The van der Waals surface area contributed by atoms with Crippen LogP contribution >= 0.6 is 0 Å². The number of benzene rings is 1. The number of likely N-dealkylation sites (tertiary alicyclic amines) is 1. The van der Waals surface area contributed by atoms with Crippen LogP contribution in [0.4, 0.5) is 11.6 Å². The van der Waals surface area contributed by atoms with Crippen molar-refractivity contribution in [3.63, 3.8) is 0 Å². The van der Waals surface area contributed by atoms with Gasteiger partial charge in [0.15, 0.2) is 11.2 Å². The fraction of sp³-hybridized carbons (Fsp3) is 0.667. The first-order valence-corrected chi connectivity index (χ1v) is 28.3. The van der Waals surface area contributed by atoms with E-state index in [1.165, 1.54) is 18.3 Å². The smallest absolute Gasteiger partial charge is 0.326 e. The number of fused-ring (bicyclic) bond motifs is 1. The van der Waals surface area contributed by atoms with Crippen LogP contribution in [0.2, 0.25) is 0 Å². The second-order valence-electron chi connectivity index (χ2n) is 18.6. The third-order valence-corrected chi connectivity index (χ3v) is 12.0. The van der Waals surface area contributed by atoms with Crippen LogP contribution in [0.3, 0.4) is 0 Å². The highest BCUT2D eigenvalue weighted by atomic mass is 16.6. The molecule has 5 amide bonds. The number of H-pyrrole nitrogens is 1.